The van der Waals surface area contributed by atoms with E-state index in [4.69, 9.17) is 9.47 Å². The highest BCUT2D eigenvalue weighted by Gasteiger charge is 2.22. The molecule has 0 radical (unpaired) electrons. The number of rotatable bonds is 6. The first-order valence-electron chi connectivity index (χ1n) is 7.29. The molecule has 1 atom stereocenters. The van der Waals surface area contributed by atoms with Crippen LogP contribution in [0.3, 0.4) is 0 Å². The molecule has 0 aromatic heterocycles. The molecule has 1 aliphatic heterocycles. The highest BCUT2D eigenvalue weighted by molar-refractivity contribution is 5.41. The van der Waals surface area contributed by atoms with Gasteiger partial charge < -0.3 is 14.6 Å². The van der Waals surface area contributed by atoms with Crippen molar-refractivity contribution in [1.29, 1.82) is 0 Å². The first-order valence-corrected chi connectivity index (χ1v) is 7.29. The third kappa shape index (κ3) is 3.87. The number of benzene rings is 1. The van der Waals surface area contributed by atoms with Crippen LogP contribution in [0.2, 0.25) is 0 Å². The molecule has 20 heavy (non-hydrogen) atoms. The maximum Gasteiger partial charge on any atom is 0.127 e. The predicted octanol–water partition coefficient (Wildman–Crippen LogP) is 2.30. The molecule has 4 nitrogen and oxygen atoms in total. The number of ether oxygens (including phenoxy) is 2. The summed E-state index contributed by atoms with van der Waals surface area (Å²) in [5.41, 5.74) is 1.18. The Balaban J connectivity index is 2.09. The molecular formula is C16H25NO3. The molecule has 1 N–H and O–H groups in total. The van der Waals surface area contributed by atoms with Crippen molar-refractivity contribution >= 4 is 0 Å². The summed E-state index contributed by atoms with van der Waals surface area (Å²) in [7, 11) is 1.67. The fraction of sp³-hybridized carbons (Fsp3) is 0.625. The van der Waals surface area contributed by atoms with E-state index in [1.807, 2.05) is 26.0 Å². The predicted molar refractivity (Wildman–Crippen MR) is 79.2 cm³/mol. The highest BCUT2D eigenvalue weighted by Crippen LogP contribution is 2.28. The minimum atomic E-state index is 0.143. The van der Waals surface area contributed by atoms with Crippen LogP contribution in [0.5, 0.6) is 11.5 Å². The molecule has 1 aromatic carbocycles. The van der Waals surface area contributed by atoms with Crippen LogP contribution in [0.15, 0.2) is 18.2 Å². The summed E-state index contributed by atoms with van der Waals surface area (Å²) in [4.78, 5) is 2.37. The van der Waals surface area contributed by atoms with Gasteiger partial charge in [0.25, 0.3) is 0 Å². The lowest BCUT2D eigenvalue weighted by molar-refractivity contribution is 0.215. The van der Waals surface area contributed by atoms with E-state index in [0.717, 1.165) is 37.6 Å². The fourth-order valence-corrected chi connectivity index (χ4v) is 2.60. The average Bonchev–Trinajstić information content (AvgIpc) is 2.88. The van der Waals surface area contributed by atoms with Crippen molar-refractivity contribution in [2.24, 2.45) is 5.92 Å². The van der Waals surface area contributed by atoms with Gasteiger partial charge in [-0.3, -0.25) is 4.90 Å². The maximum absolute atomic E-state index is 9.22. The van der Waals surface area contributed by atoms with Crippen LogP contribution < -0.4 is 9.47 Å². The van der Waals surface area contributed by atoms with Crippen LogP contribution in [0.25, 0.3) is 0 Å². The number of hydrogen-bond donors (Lipinski definition) is 1. The standard InChI is InChI=1S/C16H25NO3/c1-12(2)20-16-8-15(19-3)5-4-14(16)10-17-7-6-13(9-17)11-18/h4-5,8,12-13,18H,6-7,9-11H2,1-3H3. The molecule has 1 aliphatic rings. The lowest BCUT2D eigenvalue weighted by Crippen LogP contribution is -2.21. The highest BCUT2D eigenvalue weighted by atomic mass is 16.5. The molecule has 0 bridgehead atoms. The Hall–Kier alpha value is -1.26. The summed E-state index contributed by atoms with van der Waals surface area (Å²) < 4.78 is 11.2. The van der Waals surface area contributed by atoms with Crippen LogP contribution in [0, 0.1) is 5.92 Å². The molecule has 1 fully saturated rings. The van der Waals surface area contributed by atoms with Crippen molar-refractivity contribution in [2.75, 3.05) is 26.8 Å². The normalized spacial score (nSPS) is 19.6. The van der Waals surface area contributed by atoms with E-state index in [0.29, 0.717) is 5.92 Å². The Morgan fingerprint density at radius 1 is 1.40 bits per heavy atom. The molecule has 1 saturated heterocycles. The minimum Gasteiger partial charge on any atom is -0.497 e. The summed E-state index contributed by atoms with van der Waals surface area (Å²) in [5, 5.41) is 9.22. The van der Waals surface area contributed by atoms with Crippen molar-refractivity contribution in [3.63, 3.8) is 0 Å². The van der Waals surface area contributed by atoms with E-state index in [1.165, 1.54) is 5.56 Å². The molecule has 0 amide bonds. The summed E-state index contributed by atoms with van der Waals surface area (Å²) in [6.07, 6.45) is 1.22. The van der Waals surface area contributed by atoms with Crippen molar-refractivity contribution in [3.05, 3.63) is 23.8 Å². The van der Waals surface area contributed by atoms with Crippen LogP contribution in [0.1, 0.15) is 25.8 Å². The van der Waals surface area contributed by atoms with Gasteiger partial charge in [0.15, 0.2) is 0 Å². The number of aliphatic hydroxyl groups is 1. The number of aliphatic hydroxyl groups excluding tert-OH is 1. The van der Waals surface area contributed by atoms with Gasteiger partial charge in [-0.25, -0.2) is 0 Å². The second kappa shape index (κ2) is 6.95. The Kier molecular flexibility index (Phi) is 5.26. The molecule has 2 rings (SSSR count). The van der Waals surface area contributed by atoms with Crippen molar-refractivity contribution < 1.29 is 14.6 Å². The van der Waals surface area contributed by atoms with E-state index >= 15 is 0 Å². The van der Waals surface area contributed by atoms with Gasteiger partial charge in [0.2, 0.25) is 0 Å². The van der Waals surface area contributed by atoms with Crippen molar-refractivity contribution in [2.45, 2.75) is 32.9 Å². The molecule has 0 aliphatic carbocycles. The largest absolute Gasteiger partial charge is 0.497 e. The Morgan fingerprint density at radius 3 is 2.80 bits per heavy atom. The van der Waals surface area contributed by atoms with Crippen molar-refractivity contribution in [3.8, 4) is 11.5 Å². The number of nitrogens with zero attached hydrogens (tertiary/aromatic N) is 1. The fourth-order valence-electron chi connectivity index (χ4n) is 2.60. The van der Waals surface area contributed by atoms with Crippen LogP contribution in [0.4, 0.5) is 0 Å². The molecule has 1 aromatic rings. The quantitative estimate of drug-likeness (QED) is 0.867. The summed E-state index contributed by atoms with van der Waals surface area (Å²) >= 11 is 0. The molecule has 1 unspecified atom stereocenters. The monoisotopic (exact) mass is 279 g/mol. The van der Waals surface area contributed by atoms with Gasteiger partial charge in [-0.15, -0.1) is 0 Å². The number of likely N-dealkylation sites (tertiary alicyclic amines) is 1. The average molecular weight is 279 g/mol. The van der Waals surface area contributed by atoms with E-state index in [2.05, 4.69) is 11.0 Å². The molecule has 112 valence electrons. The van der Waals surface area contributed by atoms with Crippen LogP contribution in [-0.2, 0) is 6.54 Å². The van der Waals surface area contributed by atoms with Gasteiger partial charge in [0.05, 0.1) is 13.2 Å². The number of hydrogen-bond acceptors (Lipinski definition) is 4. The molecule has 0 saturated carbocycles. The van der Waals surface area contributed by atoms with Gasteiger partial charge in [-0.2, -0.15) is 0 Å². The van der Waals surface area contributed by atoms with E-state index in [9.17, 15) is 5.11 Å². The summed E-state index contributed by atoms with van der Waals surface area (Å²) in [6.45, 7) is 7.21. The zero-order valence-corrected chi connectivity index (χ0v) is 12.6. The number of methoxy groups -OCH3 is 1. The molecule has 1 heterocycles. The third-order valence-electron chi connectivity index (χ3n) is 3.66. The zero-order valence-electron chi connectivity index (χ0n) is 12.6. The second-order valence-electron chi connectivity index (χ2n) is 5.71. The molecule has 0 spiro atoms. The van der Waals surface area contributed by atoms with Gasteiger partial charge in [0, 0.05) is 31.3 Å². The van der Waals surface area contributed by atoms with Gasteiger partial charge in [-0.05, 0) is 38.8 Å². The van der Waals surface area contributed by atoms with E-state index in [1.54, 1.807) is 7.11 Å². The zero-order chi connectivity index (χ0) is 14.5. The summed E-state index contributed by atoms with van der Waals surface area (Å²) in [6, 6.07) is 6.00. The van der Waals surface area contributed by atoms with Gasteiger partial charge >= 0.3 is 0 Å². The van der Waals surface area contributed by atoms with Gasteiger partial charge in [0.1, 0.15) is 11.5 Å². The lowest BCUT2D eigenvalue weighted by atomic mass is 10.1. The van der Waals surface area contributed by atoms with Crippen LogP contribution in [-0.4, -0.2) is 42.9 Å². The Bertz CT molecular complexity index is 434. The minimum absolute atomic E-state index is 0.143. The van der Waals surface area contributed by atoms with E-state index < -0.39 is 0 Å². The topological polar surface area (TPSA) is 41.9 Å². The Labute approximate surface area is 121 Å². The van der Waals surface area contributed by atoms with Crippen molar-refractivity contribution in [1.82, 2.24) is 4.90 Å². The molecular weight excluding hydrogens is 254 g/mol. The van der Waals surface area contributed by atoms with Crippen LogP contribution >= 0.6 is 0 Å². The first kappa shape index (κ1) is 15.1. The summed E-state index contributed by atoms with van der Waals surface area (Å²) in [5.74, 6) is 2.13. The SMILES string of the molecule is COc1ccc(CN2CCC(CO)C2)c(OC(C)C)c1. The smallest absolute Gasteiger partial charge is 0.127 e. The molecule has 4 heteroatoms. The third-order valence-corrected chi connectivity index (χ3v) is 3.66. The second-order valence-corrected chi connectivity index (χ2v) is 5.71. The lowest BCUT2D eigenvalue weighted by Gasteiger charge is -2.20. The first-order chi connectivity index (χ1) is 9.62. The van der Waals surface area contributed by atoms with Gasteiger partial charge in [-0.1, -0.05) is 6.07 Å². The Morgan fingerprint density at radius 2 is 2.20 bits per heavy atom. The maximum atomic E-state index is 9.22. The van der Waals surface area contributed by atoms with E-state index in [-0.39, 0.29) is 12.7 Å².